The van der Waals surface area contributed by atoms with Crippen molar-refractivity contribution in [2.75, 3.05) is 17.6 Å². The van der Waals surface area contributed by atoms with Gasteiger partial charge >= 0.3 is 6.03 Å². The Hall–Kier alpha value is -3.14. The summed E-state index contributed by atoms with van der Waals surface area (Å²) in [6.07, 6.45) is 6.11. The molecule has 1 aromatic heterocycles. The van der Waals surface area contributed by atoms with Crippen LogP contribution in [-0.4, -0.2) is 37.7 Å². The number of carbonyl (C=O) groups excluding carboxylic acids is 1. The summed E-state index contributed by atoms with van der Waals surface area (Å²) < 4.78 is 26.0. The number of pyridine rings is 1. The van der Waals surface area contributed by atoms with E-state index in [4.69, 9.17) is 5.41 Å². The van der Waals surface area contributed by atoms with E-state index in [1.54, 1.807) is 24.5 Å². The number of guanidine groups is 1. The standard InChI is InChI=1S/C20H28N6O3S/c21-19(25-18-10-13-22-14-11-18)23-12-6-1-2-7-15-30(28,29)26-20(27)24-16-17-8-4-3-5-9-17/h3-5,8-11,13-14H,1-2,6-7,12,15-16H2,(H2,24,26,27)(H3,21,22,23,25). The third kappa shape index (κ3) is 9.87. The Morgan fingerprint density at radius 1 is 0.933 bits per heavy atom. The van der Waals surface area contributed by atoms with Gasteiger partial charge in [0.2, 0.25) is 10.0 Å². The monoisotopic (exact) mass is 432 g/mol. The van der Waals surface area contributed by atoms with Gasteiger partial charge in [0.25, 0.3) is 0 Å². The fraction of sp³-hybridized carbons (Fsp3) is 0.350. The van der Waals surface area contributed by atoms with Gasteiger partial charge in [0.15, 0.2) is 5.96 Å². The maximum atomic E-state index is 12.0. The van der Waals surface area contributed by atoms with E-state index in [0.29, 0.717) is 13.0 Å². The molecule has 10 heteroatoms. The molecule has 0 saturated carbocycles. The zero-order chi connectivity index (χ0) is 21.7. The molecule has 0 fully saturated rings. The Morgan fingerprint density at radius 2 is 1.63 bits per heavy atom. The normalized spacial score (nSPS) is 10.8. The van der Waals surface area contributed by atoms with Crippen LogP contribution in [0.4, 0.5) is 10.5 Å². The van der Waals surface area contributed by atoms with Crippen molar-refractivity contribution in [2.24, 2.45) is 0 Å². The number of aromatic nitrogens is 1. The molecule has 30 heavy (non-hydrogen) atoms. The second kappa shape index (κ2) is 12.4. The SMILES string of the molecule is N=C(NCCCCCCS(=O)(=O)NC(=O)NCc1ccccc1)Nc1ccncc1. The van der Waals surface area contributed by atoms with Crippen molar-refractivity contribution in [3.8, 4) is 0 Å². The number of anilines is 1. The lowest BCUT2D eigenvalue weighted by Gasteiger charge is -2.10. The van der Waals surface area contributed by atoms with Gasteiger partial charge in [-0.15, -0.1) is 0 Å². The molecule has 1 aromatic carbocycles. The third-order valence-corrected chi connectivity index (χ3v) is 5.46. The van der Waals surface area contributed by atoms with E-state index in [-0.39, 0.29) is 18.3 Å². The van der Waals surface area contributed by atoms with Gasteiger partial charge < -0.3 is 16.0 Å². The molecule has 2 amide bonds. The zero-order valence-corrected chi connectivity index (χ0v) is 17.5. The molecule has 5 N–H and O–H groups in total. The molecule has 0 spiro atoms. The highest BCUT2D eigenvalue weighted by Gasteiger charge is 2.13. The molecule has 0 aliphatic heterocycles. The molecule has 1 heterocycles. The Balaban J connectivity index is 1.51. The van der Waals surface area contributed by atoms with Gasteiger partial charge in [-0.1, -0.05) is 43.2 Å². The number of nitrogens with zero attached hydrogens (tertiary/aromatic N) is 1. The van der Waals surface area contributed by atoms with Crippen molar-refractivity contribution >= 4 is 27.7 Å². The van der Waals surface area contributed by atoms with Crippen molar-refractivity contribution in [1.82, 2.24) is 20.3 Å². The third-order valence-electron chi connectivity index (χ3n) is 4.14. The molecule has 162 valence electrons. The van der Waals surface area contributed by atoms with E-state index in [1.165, 1.54) is 0 Å². The zero-order valence-electron chi connectivity index (χ0n) is 16.7. The maximum absolute atomic E-state index is 12.0. The van der Waals surface area contributed by atoms with Crippen LogP contribution < -0.4 is 20.7 Å². The van der Waals surface area contributed by atoms with E-state index in [2.05, 4.69) is 20.9 Å². The number of sulfonamides is 1. The maximum Gasteiger partial charge on any atom is 0.328 e. The molecule has 2 rings (SSSR count). The molecule has 0 radical (unpaired) electrons. The van der Waals surface area contributed by atoms with Crippen LogP contribution >= 0.6 is 0 Å². The smallest absolute Gasteiger partial charge is 0.328 e. The predicted octanol–water partition coefficient (Wildman–Crippen LogP) is 2.41. The van der Waals surface area contributed by atoms with Crippen LogP contribution in [0.2, 0.25) is 0 Å². The van der Waals surface area contributed by atoms with Crippen LogP contribution in [0.25, 0.3) is 0 Å². The fourth-order valence-corrected chi connectivity index (χ4v) is 3.66. The topological polar surface area (TPSA) is 136 Å². The lowest BCUT2D eigenvalue weighted by Crippen LogP contribution is -2.40. The van der Waals surface area contributed by atoms with E-state index in [1.807, 2.05) is 35.1 Å². The minimum absolute atomic E-state index is 0.0986. The van der Waals surface area contributed by atoms with Crippen molar-refractivity contribution in [2.45, 2.75) is 32.2 Å². The van der Waals surface area contributed by atoms with Gasteiger partial charge in [-0.05, 0) is 30.5 Å². The molecule has 0 atom stereocenters. The molecule has 2 aromatic rings. The Bertz CT molecular complexity index is 891. The number of unbranched alkanes of at least 4 members (excludes halogenated alkanes) is 3. The summed E-state index contributed by atoms with van der Waals surface area (Å²) in [5.41, 5.74) is 1.68. The molecule has 0 saturated heterocycles. The summed E-state index contributed by atoms with van der Waals surface area (Å²) in [5, 5.41) is 16.2. The van der Waals surface area contributed by atoms with E-state index in [9.17, 15) is 13.2 Å². The number of carbonyl (C=O) groups is 1. The molecule has 0 unspecified atom stereocenters. The van der Waals surface area contributed by atoms with Gasteiger partial charge in [0, 0.05) is 31.2 Å². The predicted molar refractivity (Wildman–Crippen MR) is 118 cm³/mol. The first kappa shape index (κ1) is 23.1. The van der Waals surface area contributed by atoms with Crippen LogP contribution in [-0.2, 0) is 16.6 Å². The fourth-order valence-electron chi connectivity index (χ4n) is 2.61. The minimum Gasteiger partial charge on any atom is -0.356 e. The quantitative estimate of drug-likeness (QED) is 0.210. The highest BCUT2D eigenvalue weighted by Crippen LogP contribution is 2.04. The summed E-state index contributed by atoms with van der Waals surface area (Å²) >= 11 is 0. The van der Waals surface area contributed by atoms with Crippen molar-refractivity contribution < 1.29 is 13.2 Å². The van der Waals surface area contributed by atoms with Crippen molar-refractivity contribution in [3.05, 3.63) is 60.4 Å². The lowest BCUT2D eigenvalue weighted by molar-refractivity contribution is 0.245. The number of hydrogen-bond donors (Lipinski definition) is 5. The summed E-state index contributed by atoms with van der Waals surface area (Å²) in [6.45, 7) is 0.879. The van der Waals surface area contributed by atoms with Crippen LogP contribution in [0.15, 0.2) is 54.9 Å². The number of urea groups is 1. The molecule has 9 nitrogen and oxygen atoms in total. The van der Waals surface area contributed by atoms with Gasteiger partial charge in [-0.3, -0.25) is 10.4 Å². The number of rotatable bonds is 11. The van der Waals surface area contributed by atoms with Crippen molar-refractivity contribution in [1.29, 1.82) is 5.41 Å². The van der Waals surface area contributed by atoms with Gasteiger partial charge in [-0.25, -0.2) is 17.9 Å². The van der Waals surface area contributed by atoms with Crippen LogP contribution in [0, 0.1) is 5.41 Å². The van der Waals surface area contributed by atoms with Crippen LogP contribution in [0.5, 0.6) is 0 Å². The number of amides is 2. The second-order valence-electron chi connectivity index (χ2n) is 6.67. The summed E-state index contributed by atoms with van der Waals surface area (Å²) in [5.74, 6) is 0.105. The molecule has 0 aliphatic carbocycles. The first-order valence-electron chi connectivity index (χ1n) is 9.76. The van der Waals surface area contributed by atoms with Gasteiger partial charge in [-0.2, -0.15) is 0 Å². The van der Waals surface area contributed by atoms with Crippen LogP contribution in [0.1, 0.15) is 31.2 Å². The van der Waals surface area contributed by atoms with E-state index < -0.39 is 16.1 Å². The minimum atomic E-state index is -3.65. The Morgan fingerprint density at radius 3 is 2.37 bits per heavy atom. The average molecular weight is 433 g/mol. The van der Waals surface area contributed by atoms with Crippen LogP contribution in [0.3, 0.4) is 0 Å². The largest absolute Gasteiger partial charge is 0.356 e. The first-order valence-corrected chi connectivity index (χ1v) is 11.4. The van der Waals surface area contributed by atoms with Gasteiger partial charge in [0.05, 0.1) is 5.75 Å². The molecular weight excluding hydrogens is 404 g/mol. The number of nitrogens with one attached hydrogen (secondary N) is 5. The molecule has 0 aliphatic rings. The second-order valence-corrected chi connectivity index (χ2v) is 8.51. The van der Waals surface area contributed by atoms with E-state index in [0.717, 1.165) is 30.5 Å². The Kier molecular flexibility index (Phi) is 9.59. The average Bonchev–Trinajstić information content (AvgIpc) is 2.72. The lowest BCUT2D eigenvalue weighted by atomic mass is 10.2. The van der Waals surface area contributed by atoms with Crippen molar-refractivity contribution in [3.63, 3.8) is 0 Å². The van der Waals surface area contributed by atoms with Gasteiger partial charge in [0.1, 0.15) is 0 Å². The molecule has 0 bridgehead atoms. The highest BCUT2D eigenvalue weighted by molar-refractivity contribution is 7.90. The Labute approximate surface area is 177 Å². The number of hydrogen-bond acceptors (Lipinski definition) is 5. The highest BCUT2D eigenvalue weighted by atomic mass is 32.2. The summed E-state index contributed by atoms with van der Waals surface area (Å²) in [7, 11) is -3.65. The molecular formula is C20H28N6O3S. The summed E-state index contributed by atoms with van der Waals surface area (Å²) in [6, 6.07) is 12.1. The summed E-state index contributed by atoms with van der Waals surface area (Å²) in [4.78, 5) is 15.7. The first-order chi connectivity index (χ1) is 14.4. The van der Waals surface area contributed by atoms with E-state index >= 15 is 0 Å². The number of benzene rings is 1.